The molecule has 1 aliphatic carbocycles. The van der Waals surface area contributed by atoms with E-state index in [2.05, 4.69) is 13.8 Å². The summed E-state index contributed by atoms with van der Waals surface area (Å²) < 4.78 is 0. The average Bonchev–Trinajstić information content (AvgIpc) is 2.05. The molecule has 0 aliphatic heterocycles. The van der Waals surface area contributed by atoms with Crippen molar-refractivity contribution >= 4 is 0 Å². The van der Waals surface area contributed by atoms with Crippen molar-refractivity contribution in [1.82, 2.24) is 0 Å². The van der Waals surface area contributed by atoms with Gasteiger partial charge in [0, 0.05) is 0 Å². The van der Waals surface area contributed by atoms with E-state index in [9.17, 15) is 5.11 Å². The van der Waals surface area contributed by atoms with Crippen molar-refractivity contribution in [3.05, 3.63) is 0 Å². The van der Waals surface area contributed by atoms with Crippen molar-refractivity contribution in [1.29, 1.82) is 0 Å². The lowest BCUT2D eigenvalue weighted by molar-refractivity contribution is -0.0555. The molecule has 0 bridgehead atoms. The van der Waals surface area contributed by atoms with Crippen molar-refractivity contribution in [3.63, 3.8) is 0 Å². The van der Waals surface area contributed by atoms with Crippen molar-refractivity contribution < 1.29 is 10.2 Å². The molecule has 0 aromatic rings. The Bertz CT molecular complexity index is 135. The summed E-state index contributed by atoms with van der Waals surface area (Å²) in [6.07, 6.45) is 3.67. The van der Waals surface area contributed by atoms with Gasteiger partial charge in [-0.2, -0.15) is 0 Å². The van der Waals surface area contributed by atoms with E-state index in [1.165, 1.54) is 0 Å². The highest BCUT2D eigenvalue weighted by molar-refractivity contribution is 4.85. The normalized spacial score (nSPS) is 37.2. The van der Waals surface area contributed by atoms with Crippen LogP contribution in [0.4, 0.5) is 0 Å². The molecule has 2 heteroatoms. The highest BCUT2D eigenvalue weighted by Crippen LogP contribution is 2.35. The number of aliphatic hydroxyl groups is 2. The van der Waals surface area contributed by atoms with Crippen molar-refractivity contribution in [2.75, 3.05) is 6.61 Å². The first-order valence-corrected chi connectivity index (χ1v) is 4.91. The third kappa shape index (κ3) is 2.20. The average molecular weight is 172 g/mol. The van der Waals surface area contributed by atoms with E-state index in [-0.39, 0.29) is 6.61 Å². The van der Waals surface area contributed by atoms with Gasteiger partial charge in [0.1, 0.15) is 0 Å². The Labute approximate surface area is 74.6 Å². The topological polar surface area (TPSA) is 40.5 Å². The first-order chi connectivity index (χ1) is 5.57. The quantitative estimate of drug-likeness (QED) is 0.663. The maximum Gasteiger partial charge on any atom is 0.0877 e. The molecule has 72 valence electrons. The molecule has 0 amide bonds. The van der Waals surface area contributed by atoms with Gasteiger partial charge in [-0.05, 0) is 37.5 Å². The van der Waals surface area contributed by atoms with Gasteiger partial charge in [-0.15, -0.1) is 0 Å². The molecule has 0 heterocycles. The van der Waals surface area contributed by atoms with Gasteiger partial charge in [0.05, 0.1) is 12.2 Å². The van der Waals surface area contributed by atoms with Crippen LogP contribution in [0.1, 0.15) is 39.5 Å². The van der Waals surface area contributed by atoms with Crippen LogP contribution in [0.25, 0.3) is 0 Å². The zero-order valence-electron chi connectivity index (χ0n) is 8.08. The highest BCUT2D eigenvalue weighted by atomic mass is 16.3. The SMILES string of the molecule is CC(C)C1CCC(O)(CO)CC1. The Morgan fingerprint density at radius 2 is 1.83 bits per heavy atom. The molecule has 0 aromatic carbocycles. The zero-order valence-corrected chi connectivity index (χ0v) is 8.08. The van der Waals surface area contributed by atoms with E-state index >= 15 is 0 Å². The summed E-state index contributed by atoms with van der Waals surface area (Å²) in [4.78, 5) is 0. The molecule has 0 aromatic heterocycles. The van der Waals surface area contributed by atoms with Crippen LogP contribution >= 0.6 is 0 Å². The summed E-state index contributed by atoms with van der Waals surface area (Å²) in [5.41, 5.74) is -0.759. The molecule has 1 aliphatic rings. The van der Waals surface area contributed by atoms with Crippen LogP contribution in [-0.4, -0.2) is 22.4 Å². The summed E-state index contributed by atoms with van der Waals surface area (Å²) in [6, 6.07) is 0. The minimum atomic E-state index is -0.759. The molecule has 0 atom stereocenters. The molecular formula is C10H20O2. The Hall–Kier alpha value is -0.0800. The Morgan fingerprint density at radius 3 is 2.17 bits per heavy atom. The molecule has 2 nitrogen and oxygen atoms in total. The summed E-state index contributed by atoms with van der Waals surface area (Å²) in [6.45, 7) is 4.39. The number of aliphatic hydroxyl groups excluding tert-OH is 1. The highest BCUT2D eigenvalue weighted by Gasteiger charge is 2.33. The third-order valence-corrected chi connectivity index (χ3v) is 3.20. The smallest absolute Gasteiger partial charge is 0.0877 e. The molecule has 0 spiro atoms. The molecule has 0 unspecified atom stereocenters. The lowest BCUT2D eigenvalue weighted by Crippen LogP contribution is -2.38. The van der Waals surface area contributed by atoms with Gasteiger partial charge in [0.2, 0.25) is 0 Å². The number of hydrogen-bond acceptors (Lipinski definition) is 2. The van der Waals surface area contributed by atoms with Crippen LogP contribution in [-0.2, 0) is 0 Å². The van der Waals surface area contributed by atoms with Crippen LogP contribution in [0.15, 0.2) is 0 Å². The maximum absolute atomic E-state index is 9.73. The van der Waals surface area contributed by atoms with Gasteiger partial charge in [0.25, 0.3) is 0 Å². The molecule has 12 heavy (non-hydrogen) atoms. The van der Waals surface area contributed by atoms with Crippen LogP contribution in [0, 0.1) is 11.8 Å². The predicted molar refractivity (Wildman–Crippen MR) is 48.8 cm³/mol. The van der Waals surface area contributed by atoms with E-state index in [0.29, 0.717) is 5.92 Å². The van der Waals surface area contributed by atoms with Crippen molar-refractivity contribution in [2.24, 2.45) is 11.8 Å². The maximum atomic E-state index is 9.73. The fourth-order valence-corrected chi connectivity index (χ4v) is 2.00. The van der Waals surface area contributed by atoms with E-state index in [4.69, 9.17) is 5.11 Å². The molecule has 0 radical (unpaired) electrons. The van der Waals surface area contributed by atoms with Gasteiger partial charge in [-0.1, -0.05) is 13.8 Å². The van der Waals surface area contributed by atoms with Gasteiger partial charge in [-0.3, -0.25) is 0 Å². The third-order valence-electron chi connectivity index (χ3n) is 3.20. The molecule has 0 saturated heterocycles. The van der Waals surface area contributed by atoms with Crippen LogP contribution in [0.5, 0.6) is 0 Å². The Kier molecular flexibility index (Phi) is 3.13. The van der Waals surface area contributed by atoms with Crippen LogP contribution in [0.3, 0.4) is 0 Å². The monoisotopic (exact) mass is 172 g/mol. The lowest BCUT2D eigenvalue weighted by Gasteiger charge is -2.36. The lowest BCUT2D eigenvalue weighted by atomic mass is 9.75. The summed E-state index contributed by atoms with van der Waals surface area (Å²) in [7, 11) is 0. The second-order valence-electron chi connectivity index (χ2n) is 4.46. The zero-order chi connectivity index (χ0) is 9.19. The van der Waals surface area contributed by atoms with Crippen LogP contribution < -0.4 is 0 Å². The van der Waals surface area contributed by atoms with E-state index in [1.807, 2.05) is 0 Å². The molecular weight excluding hydrogens is 152 g/mol. The van der Waals surface area contributed by atoms with E-state index < -0.39 is 5.60 Å². The molecule has 2 N–H and O–H groups in total. The van der Waals surface area contributed by atoms with Crippen LogP contribution in [0.2, 0.25) is 0 Å². The van der Waals surface area contributed by atoms with E-state index in [1.54, 1.807) is 0 Å². The standard InChI is InChI=1S/C10H20O2/c1-8(2)9-3-5-10(12,7-11)6-4-9/h8-9,11-12H,3-7H2,1-2H3. The largest absolute Gasteiger partial charge is 0.393 e. The fraction of sp³-hybridized carbons (Fsp3) is 1.00. The van der Waals surface area contributed by atoms with Crippen molar-refractivity contribution in [2.45, 2.75) is 45.1 Å². The van der Waals surface area contributed by atoms with Gasteiger partial charge in [0.15, 0.2) is 0 Å². The summed E-state index contributed by atoms with van der Waals surface area (Å²) in [5.74, 6) is 1.46. The fourth-order valence-electron chi connectivity index (χ4n) is 2.00. The second kappa shape index (κ2) is 3.75. The first kappa shape index (κ1) is 10.0. The number of hydrogen-bond donors (Lipinski definition) is 2. The first-order valence-electron chi connectivity index (χ1n) is 4.91. The molecule has 1 saturated carbocycles. The second-order valence-corrected chi connectivity index (χ2v) is 4.46. The van der Waals surface area contributed by atoms with Crippen molar-refractivity contribution in [3.8, 4) is 0 Å². The molecule has 1 fully saturated rings. The minimum Gasteiger partial charge on any atom is -0.393 e. The van der Waals surface area contributed by atoms with E-state index in [0.717, 1.165) is 31.6 Å². The Balaban J connectivity index is 2.39. The Morgan fingerprint density at radius 1 is 1.33 bits per heavy atom. The number of rotatable bonds is 2. The van der Waals surface area contributed by atoms with Gasteiger partial charge in [-0.25, -0.2) is 0 Å². The summed E-state index contributed by atoms with van der Waals surface area (Å²) >= 11 is 0. The van der Waals surface area contributed by atoms with Gasteiger partial charge >= 0.3 is 0 Å². The molecule has 1 rings (SSSR count). The predicted octanol–water partition coefficient (Wildman–Crippen LogP) is 1.56. The summed E-state index contributed by atoms with van der Waals surface area (Å²) in [5, 5.41) is 18.7. The minimum absolute atomic E-state index is 0.0716. The van der Waals surface area contributed by atoms with Gasteiger partial charge < -0.3 is 10.2 Å².